The first-order chi connectivity index (χ1) is 6.49. The van der Waals surface area contributed by atoms with Gasteiger partial charge in [-0.3, -0.25) is 0 Å². The van der Waals surface area contributed by atoms with E-state index in [1.807, 2.05) is 13.8 Å². The number of ketones is 1. The van der Waals surface area contributed by atoms with Crippen molar-refractivity contribution in [2.24, 2.45) is 5.92 Å². The third-order valence-electron chi connectivity index (χ3n) is 2.34. The number of hydrogen-bond donors (Lipinski definition) is 1. The molecule has 80 valence electrons. The maximum atomic E-state index is 10.9. The summed E-state index contributed by atoms with van der Waals surface area (Å²) in [6.45, 7) is 9.48. The molecule has 0 aromatic rings. The molecule has 2 nitrogen and oxygen atoms in total. The van der Waals surface area contributed by atoms with Crippen molar-refractivity contribution in [1.29, 1.82) is 0 Å². The van der Waals surface area contributed by atoms with Crippen LogP contribution in [0.15, 0.2) is 23.8 Å². The van der Waals surface area contributed by atoms with E-state index in [0.29, 0.717) is 6.42 Å². The van der Waals surface area contributed by atoms with E-state index in [0.717, 1.165) is 17.6 Å². The first-order valence-electron chi connectivity index (χ1n) is 4.91. The van der Waals surface area contributed by atoms with Crippen LogP contribution in [0.25, 0.3) is 0 Å². The Morgan fingerprint density at radius 2 is 2.00 bits per heavy atom. The van der Waals surface area contributed by atoms with E-state index < -0.39 is 0 Å². The zero-order chi connectivity index (χ0) is 11.1. The molecule has 0 heterocycles. The summed E-state index contributed by atoms with van der Waals surface area (Å²) in [4.78, 5) is 10.9. The van der Waals surface area contributed by atoms with Gasteiger partial charge in [-0.25, -0.2) is 0 Å². The summed E-state index contributed by atoms with van der Waals surface area (Å²) in [6, 6.07) is 0. The topological polar surface area (TPSA) is 37.3 Å². The van der Waals surface area contributed by atoms with Crippen molar-refractivity contribution in [2.75, 3.05) is 6.61 Å². The second kappa shape index (κ2) is 6.55. The largest absolute Gasteiger partial charge is 0.392 e. The normalized spacial score (nSPS) is 13.9. The summed E-state index contributed by atoms with van der Waals surface area (Å²) in [6.07, 6.45) is 3.15. The second-order valence-corrected chi connectivity index (χ2v) is 3.77. The number of Topliss-reactive ketones (excluding diaryl/α,β-unsaturated/α-hetero) is 1. The third kappa shape index (κ3) is 4.97. The van der Waals surface area contributed by atoms with E-state index in [4.69, 9.17) is 5.11 Å². The molecule has 1 atom stereocenters. The molecular formula is C12H20O2. The van der Waals surface area contributed by atoms with Gasteiger partial charge in [0.25, 0.3) is 0 Å². The van der Waals surface area contributed by atoms with Crippen molar-refractivity contribution in [3.8, 4) is 0 Å². The van der Waals surface area contributed by atoms with E-state index in [1.165, 1.54) is 0 Å². The van der Waals surface area contributed by atoms with Crippen molar-refractivity contribution >= 4 is 5.78 Å². The van der Waals surface area contributed by atoms with Crippen LogP contribution in [0, 0.1) is 5.92 Å². The van der Waals surface area contributed by atoms with E-state index >= 15 is 0 Å². The van der Waals surface area contributed by atoms with Gasteiger partial charge >= 0.3 is 0 Å². The Hall–Kier alpha value is -0.890. The lowest BCUT2D eigenvalue weighted by molar-refractivity contribution is -0.117. The molecule has 0 saturated heterocycles. The molecule has 1 N–H and O–H groups in total. The Labute approximate surface area is 86.3 Å². The van der Waals surface area contributed by atoms with Crippen LogP contribution >= 0.6 is 0 Å². The van der Waals surface area contributed by atoms with Gasteiger partial charge < -0.3 is 9.90 Å². The van der Waals surface area contributed by atoms with E-state index in [2.05, 4.69) is 6.58 Å². The predicted molar refractivity (Wildman–Crippen MR) is 59.1 cm³/mol. The van der Waals surface area contributed by atoms with Gasteiger partial charge in [0.15, 0.2) is 0 Å². The summed E-state index contributed by atoms with van der Waals surface area (Å²) in [5.74, 6) is 0.430. The van der Waals surface area contributed by atoms with Crippen LogP contribution in [0.3, 0.4) is 0 Å². The number of hydrogen-bond acceptors (Lipinski definition) is 2. The summed E-state index contributed by atoms with van der Waals surface area (Å²) in [5.41, 5.74) is 2.15. The molecule has 0 saturated carbocycles. The molecule has 0 rings (SSSR count). The summed E-state index contributed by atoms with van der Waals surface area (Å²) in [7, 11) is 0. The molecule has 0 fully saturated rings. The minimum Gasteiger partial charge on any atom is -0.392 e. The monoisotopic (exact) mass is 196 g/mol. The Morgan fingerprint density at radius 1 is 1.43 bits per heavy atom. The lowest BCUT2D eigenvalue weighted by Crippen LogP contribution is -2.06. The number of aliphatic hydroxyl groups excluding tert-OH is 1. The first kappa shape index (κ1) is 13.1. The molecule has 0 aliphatic carbocycles. The van der Waals surface area contributed by atoms with Gasteiger partial charge in [-0.05, 0) is 27.2 Å². The van der Waals surface area contributed by atoms with Crippen molar-refractivity contribution < 1.29 is 9.90 Å². The highest BCUT2D eigenvalue weighted by molar-refractivity contribution is 5.75. The molecule has 0 radical (unpaired) electrons. The molecular weight excluding hydrogens is 176 g/mol. The highest BCUT2D eigenvalue weighted by atomic mass is 16.2. The Morgan fingerprint density at radius 3 is 2.36 bits per heavy atom. The molecule has 0 aliphatic rings. The van der Waals surface area contributed by atoms with Gasteiger partial charge in [0.05, 0.1) is 6.61 Å². The highest BCUT2D eigenvalue weighted by Gasteiger charge is 2.12. The molecule has 0 aromatic carbocycles. The zero-order valence-electron chi connectivity index (χ0n) is 9.34. The minimum absolute atomic E-state index is 0.0513. The van der Waals surface area contributed by atoms with Crippen LogP contribution in [0.1, 0.15) is 33.6 Å². The maximum absolute atomic E-state index is 10.9. The lowest BCUT2D eigenvalue weighted by atomic mass is 9.88. The second-order valence-electron chi connectivity index (χ2n) is 3.77. The Kier molecular flexibility index (Phi) is 6.13. The number of allylic oxidation sites excluding steroid dienone is 2. The lowest BCUT2D eigenvalue weighted by Gasteiger charge is -2.17. The van der Waals surface area contributed by atoms with Crippen molar-refractivity contribution in [2.45, 2.75) is 33.6 Å². The number of aliphatic hydroxyl groups is 1. The van der Waals surface area contributed by atoms with Gasteiger partial charge in [-0.2, -0.15) is 0 Å². The SMILES string of the molecule is C=C(C)[C@H](CCC(C)=O)/C(C)=C\CO. The first-order valence-corrected chi connectivity index (χ1v) is 4.91. The van der Waals surface area contributed by atoms with Gasteiger partial charge in [0.2, 0.25) is 0 Å². The molecule has 0 bridgehead atoms. The van der Waals surface area contributed by atoms with Crippen molar-refractivity contribution in [3.63, 3.8) is 0 Å². The van der Waals surface area contributed by atoms with Crippen LogP contribution in [0.5, 0.6) is 0 Å². The maximum Gasteiger partial charge on any atom is 0.129 e. The van der Waals surface area contributed by atoms with Gasteiger partial charge in [0, 0.05) is 12.3 Å². The fourth-order valence-electron chi connectivity index (χ4n) is 1.50. The van der Waals surface area contributed by atoms with Crippen LogP contribution in [-0.2, 0) is 4.79 Å². The standard InChI is InChI=1S/C12H20O2/c1-9(2)12(6-5-11(4)14)10(3)7-8-13/h7,12-13H,1,5-6,8H2,2-4H3/b10-7-/t12-/m0/s1. The van der Waals surface area contributed by atoms with Gasteiger partial charge in [-0.15, -0.1) is 0 Å². The molecule has 0 unspecified atom stereocenters. The molecule has 2 heteroatoms. The molecule has 0 amide bonds. The quantitative estimate of drug-likeness (QED) is 0.663. The number of carbonyl (C=O) groups is 1. The van der Waals surface area contributed by atoms with Gasteiger partial charge in [-0.1, -0.05) is 23.8 Å². The van der Waals surface area contributed by atoms with E-state index in [-0.39, 0.29) is 18.3 Å². The molecule has 0 spiro atoms. The molecule has 0 aromatic heterocycles. The smallest absolute Gasteiger partial charge is 0.129 e. The predicted octanol–water partition coefficient (Wildman–Crippen LogP) is 2.49. The molecule has 14 heavy (non-hydrogen) atoms. The fraction of sp³-hybridized carbons (Fsp3) is 0.583. The van der Waals surface area contributed by atoms with Crippen molar-refractivity contribution in [3.05, 3.63) is 23.8 Å². The third-order valence-corrected chi connectivity index (χ3v) is 2.34. The zero-order valence-corrected chi connectivity index (χ0v) is 9.34. The average Bonchev–Trinajstić information content (AvgIpc) is 2.03. The number of rotatable bonds is 6. The minimum atomic E-state index is 0.0513. The number of carbonyl (C=O) groups excluding carboxylic acids is 1. The summed E-state index contributed by atoms with van der Waals surface area (Å²) < 4.78 is 0. The highest BCUT2D eigenvalue weighted by Crippen LogP contribution is 2.23. The van der Waals surface area contributed by atoms with Crippen LogP contribution in [-0.4, -0.2) is 17.5 Å². The fourth-order valence-corrected chi connectivity index (χ4v) is 1.50. The summed E-state index contributed by atoms with van der Waals surface area (Å²) in [5, 5.41) is 8.77. The average molecular weight is 196 g/mol. The Balaban J connectivity index is 4.37. The van der Waals surface area contributed by atoms with E-state index in [9.17, 15) is 4.79 Å². The molecule has 0 aliphatic heterocycles. The Bertz CT molecular complexity index is 239. The van der Waals surface area contributed by atoms with Crippen LogP contribution in [0.4, 0.5) is 0 Å². The van der Waals surface area contributed by atoms with Crippen LogP contribution in [0.2, 0.25) is 0 Å². The summed E-state index contributed by atoms with van der Waals surface area (Å²) >= 11 is 0. The van der Waals surface area contributed by atoms with Crippen molar-refractivity contribution in [1.82, 2.24) is 0 Å². The van der Waals surface area contributed by atoms with E-state index in [1.54, 1.807) is 13.0 Å². The van der Waals surface area contributed by atoms with Crippen LogP contribution < -0.4 is 0 Å². The van der Waals surface area contributed by atoms with Gasteiger partial charge in [0.1, 0.15) is 5.78 Å².